The number of ether oxygens (including phenoxy) is 1. The zero-order valence-corrected chi connectivity index (χ0v) is 24.8. The van der Waals surface area contributed by atoms with E-state index < -0.39 is 23.5 Å². The molecule has 0 saturated heterocycles. The van der Waals surface area contributed by atoms with Crippen LogP contribution in [0.3, 0.4) is 0 Å². The molecule has 4 aromatic rings. The van der Waals surface area contributed by atoms with E-state index in [1.807, 2.05) is 30.3 Å². The Labute approximate surface area is 257 Å². The van der Waals surface area contributed by atoms with E-state index in [9.17, 15) is 24.3 Å². The monoisotopic (exact) mass is 567 g/mol. The van der Waals surface area contributed by atoms with Crippen LogP contribution in [-0.4, -0.2) is 34.6 Å². The Balaban J connectivity index is 0.00000441. The molecule has 11 heteroatoms. The molecule has 1 N–H and O–H groups in total. The molecular weight excluding hydrogens is 545 g/mol. The number of nitrogens with zero attached hydrogens (tertiary/aromatic N) is 2. The Kier molecular flexibility index (Phi) is 10.4. The summed E-state index contributed by atoms with van der Waals surface area (Å²) in [5.74, 6) is -2.12. The largest absolute Gasteiger partial charge is 1.00 e. The number of ketones is 1. The quantitative estimate of drug-likeness (QED) is 0.231. The molecule has 0 bridgehead atoms. The SMILES string of the molecule is COc1nn([C@@H](Cc2ccccc2)C(=O)Nc2ccc(C(=O)[O-])cc2)c(=O)cc1-c1cc(Cl)ccc1C(C)=O.[Na+]. The van der Waals surface area contributed by atoms with Crippen molar-refractivity contribution in [3.63, 3.8) is 0 Å². The number of Topliss-reactive ketones (excluding diaryl/α,β-unsaturated/α-hetero) is 1. The van der Waals surface area contributed by atoms with Crippen LogP contribution >= 0.6 is 11.6 Å². The van der Waals surface area contributed by atoms with Crippen LogP contribution < -0.4 is 50.3 Å². The van der Waals surface area contributed by atoms with Crippen molar-refractivity contribution in [1.82, 2.24) is 9.78 Å². The molecule has 198 valence electrons. The van der Waals surface area contributed by atoms with E-state index in [0.717, 1.165) is 10.2 Å². The summed E-state index contributed by atoms with van der Waals surface area (Å²) < 4.78 is 6.51. The van der Waals surface area contributed by atoms with Crippen LogP contribution in [0.15, 0.2) is 83.7 Å². The van der Waals surface area contributed by atoms with Crippen LogP contribution in [0.2, 0.25) is 5.02 Å². The molecule has 0 unspecified atom stereocenters. The zero-order chi connectivity index (χ0) is 28.1. The van der Waals surface area contributed by atoms with Gasteiger partial charge in [0, 0.05) is 28.8 Å². The van der Waals surface area contributed by atoms with Crippen molar-refractivity contribution in [3.05, 3.63) is 111 Å². The summed E-state index contributed by atoms with van der Waals surface area (Å²) >= 11 is 6.18. The van der Waals surface area contributed by atoms with E-state index in [1.54, 1.807) is 18.2 Å². The minimum atomic E-state index is -1.34. The smallest absolute Gasteiger partial charge is 0.545 e. The van der Waals surface area contributed by atoms with Crippen LogP contribution in [-0.2, 0) is 11.2 Å². The topological polar surface area (TPSA) is 130 Å². The Morgan fingerprint density at radius 3 is 2.27 bits per heavy atom. The second kappa shape index (κ2) is 13.5. The number of carbonyl (C=O) groups excluding carboxylic acids is 3. The van der Waals surface area contributed by atoms with E-state index in [1.165, 1.54) is 44.4 Å². The van der Waals surface area contributed by atoms with Crippen LogP contribution in [0.4, 0.5) is 5.69 Å². The maximum Gasteiger partial charge on any atom is 1.00 e. The van der Waals surface area contributed by atoms with Gasteiger partial charge in [-0.25, -0.2) is 4.68 Å². The summed E-state index contributed by atoms with van der Waals surface area (Å²) in [5, 5.41) is 18.5. The molecule has 0 saturated carbocycles. The van der Waals surface area contributed by atoms with Gasteiger partial charge in [0.1, 0.15) is 6.04 Å². The van der Waals surface area contributed by atoms with Crippen molar-refractivity contribution in [2.75, 3.05) is 12.4 Å². The molecule has 0 radical (unpaired) electrons. The molecule has 0 aliphatic carbocycles. The molecule has 0 fully saturated rings. The third-order valence-electron chi connectivity index (χ3n) is 6.02. The Morgan fingerprint density at radius 2 is 1.68 bits per heavy atom. The van der Waals surface area contributed by atoms with Gasteiger partial charge in [-0.2, -0.15) is 0 Å². The molecule has 0 aliphatic heterocycles. The number of anilines is 1. The van der Waals surface area contributed by atoms with Crippen LogP contribution in [0.1, 0.15) is 39.2 Å². The molecule has 0 spiro atoms. The fourth-order valence-electron chi connectivity index (χ4n) is 4.11. The predicted molar refractivity (Wildman–Crippen MR) is 144 cm³/mol. The number of aromatic carboxylic acids is 1. The number of amides is 1. The van der Waals surface area contributed by atoms with Gasteiger partial charge in [0.25, 0.3) is 5.56 Å². The zero-order valence-electron chi connectivity index (χ0n) is 22.0. The van der Waals surface area contributed by atoms with E-state index in [2.05, 4.69) is 10.4 Å². The van der Waals surface area contributed by atoms with Crippen LogP contribution in [0, 0.1) is 0 Å². The number of rotatable bonds is 9. The number of benzene rings is 3. The Bertz CT molecular complexity index is 1610. The van der Waals surface area contributed by atoms with Crippen LogP contribution in [0.5, 0.6) is 5.88 Å². The number of methoxy groups -OCH3 is 1. The maximum absolute atomic E-state index is 13.5. The van der Waals surface area contributed by atoms with Gasteiger partial charge in [-0.1, -0.05) is 54.1 Å². The van der Waals surface area contributed by atoms with Gasteiger partial charge in [-0.15, -0.1) is 5.10 Å². The van der Waals surface area contributed by atoms with Gasteiger partial charge >= 0.3 is 29.6 Å². The van der Waals surface area contributed by atoms with Gasteiger partial charge in [-0.3, -0.25) is 14.4 Å². The summed E-state index contributed by atoms with van der Waals surface area (Å²) in [6.45, 7) is 1.40. The first-order valence-electron chi connectivity index (χ1n) is 11.8. The van der Waals surface area contributed by atoms with Crippen molar-refractivity contribution in [2.24, 2.45) is 0 Å². The van der Waals surface area contributed by atoms with Crippen molar-refractivity contribution < 1.29 is 53.8 Å². The first-order chi connectivity index (χ1) is 18.7. The molecule has 40 heavy (non-hydrogen) atoms. The van der Waals surface area contributed by atoms with Crippen molar-refractivity contribution in [1.29, 1.82) is 0 Å². The minimum absolute atomic E-state index is 0. The maximum atomic E-state index is 13.5. The summed E-state index contributed by atoms with van der Waals surface area (Å²) in [7, 11) is 1.36. The fourth-order valence-corrected chi connectivity index (χ4v) is 4.28. The van der Waals surface area contributed by atoms with Gasteiger partial charge in [0.05, 0.1) is 18.6 Å². The number of carboxylic acid groups (broad SMARTS) is 1. The molecule has 1 aromatic heterocycles. The van der Waals surface area contributed by atoms with E-state index in [-0.39, 0.29) is 58.8 Å². The van der Waals surface area contributed by atoms with E-state index >= 15 is 0 Å². The normalized spacial score (nSPS) is 11.2. The van der Waals surface area contributed by atoms with Crippen LogP contribution in [0.25, 0.3) is 11.1 Å². The minimum Gasteiger partial charge on any atom is -0.545 e. The first kappa shape index (κ1) is 30.8. The number of halogens is 1. The van der Waals surface area contributed by atoms with Gasteiger partial charge < -0.3 is 20.0 Å². The fraction of sp³-hybridized carbons (Fsp3) is 0.138. The summed E-state index contributed by atoms with van der Waals surface area (Å²) in [4.78, 5) is 50.2. The standard InChI is InChI=1S/C29H24ClN3O6.Na/c1-17(34)22-13-10-20(30)15-23(22)24-16-26(35)33(32-28(24)39-2)25(14-18-6-4-3-5-7-18)27(36)31-21-11-8-19(9-12-21)29(37)38;/h3-13,15-16,25H,14H2,1-2H3,(H,31,36)(H,37,38);/q;+1/p-1/t25-;/m0./s1. The number of hydrogen-bond acceptors (Lipinski definition) is 7. The molecule has 1 amide bonds. The second-order valence-electron chi connectivity index (χ2n) is 8.66. The third-order valence-corrected chi connectivity index (χ3v) is 6.26. The van der Waals surface area contributed by atoms with E-state index in [4.69, 9.17) is 16.3 Å². The van der Waals surface area contributed by atoms with E-state index in [0.29, 0.717) is 21.8 Å². The second-order valence-corrected chi connectivity index (χ2v) is 9.09. The van der Waals surface area contributed by atoms with Gasteiger partial charge in [0.2, 0.25) is 11.8 Å². The first-order valence-corrected chi connectivity index (χ1v) is 12.2. The number of aromatic nitrogens is 2. The number of hydrogen-bond donors (Lipinski definition) is 1. The van der Waals surface area contributed by atoms with Crippen molar-refractivity contribution in [3.8, 4) is 17.0 Å². The van der Waals surface area contributed by atoms with Crippen molar-refractivity contribution >= 4 is 34.9 Å². The van der Waals surface area contributed by atoms with Gasteiger partial charge in [0.15, 0.2) is 5.78 Å². The predicted octanol–water partition coefficient (Wildman–Crippen LogP) is 0.565. The summed E-state index contributed by atoms with van der Waals surface area (Å²) in [6.07, 6.45) is 0.120. The van der Waals surface area contributed by atoms with Gasteiger partial charge in [-0.05, 0) is 53.9 Å². The summed E-state index contributed by atoms with van der Waals surface area (Å²) in [5.41, 5.74) is 1.40. The van der Waals surface area contributed by atoms with Crippen molar-refractivity contribution in [2.45, 2.75) is 19.4 Å². The molecular formula is C29H23ClN3NaO6. The molecule has 1 heterocycles. The molecule has 4 rings (SSSR count). The molecule has 3 aromatic carbocycles. The molecule has 0 aliphatic rings. The third kappa shape index (κ3) is 7.05. The number of carboxylic acids is 1. The summed E-state index contributed by atoms with van der Waals surface area (Å²) in [6, 6.07) is 19.4. The molecule has 1 atom stereocenters. The average Bonchev–Trinajstić information content (AvgIpc) is 2.92. The average molecular weight is 568 g/mol. The number of carbonyl (C=O) groups is 3. The molecule has 9 nitrogen and oxygen atoms in total. The number of nitrogens with one attached hydrogen (secondary N) is 1. The Morgan fingerprint density at radius 1 is 1.00 bits per heavy atom. The Hall–Kier alpha value is -3.76.